The van der Waals surface area contributed by atoms with Gasteiger partial charge in [-0.2, -0.15) is 4.31 Å². The van der Waals surface area contributed by atoms with Crippen LogP contribution in [0.25, 0.3) is 0 Å². The van der Waals surface area contributed by atoms with Crippen molar-refractivity contribution in [3.05, 3.63) is 0 Å². The van der Waals surface area contributed by atoms with Gasteiger partial charge in [0, 0.05) is 13.1 Å². The molecule has 0 amide bonds. The van der Waals surface area contributed by atoms with Crippen LogP contribution in [0.3, 0.4) is 0 Å². The minimum absolute atomic E-state index is 0.0346. The van der Waals surface area contributed by atoms with Gasteiger partial charge in [0.2, 0.25) is 10.0 Å². The Morgan fingerprint density at radius 3 is 2.54 bits per heavy atom. The number of hydrogen-bond acceptors (Lipinski definition) is 3. The Bertz CT molecular complexity index is 261. The van der Waals surface area contributed by atoms with Gasteiger partial charge in [0.05, 0.1) is 18.5 Å². The molecule has 0 N–H and O–H groups in total. The number of ether oxygens (including phenoxy) is 1. The SMILES string of the molecule is CC(C)OCC1CCS(=O)(=O)N1C. The van der Waals surface area contributed by atoms with Crippen LogP contribution in [0.1, 0.15) is 20.3 Å². The molecule has 1 rings (SSSR count). The summed E-state index contributed by atoms with van der Waals surface area (Å²) in [5, 5.41) is 0. The van der Waals surface area contributed by atoms with Gasteiger partial charge in [0.15, 0.2) is 0 Å². The molecule has 1 atom stereocenters. The van der Waals surface area contributed by atoms with Crippen molar-refractivity contribution >= 4 is 10.0 Å². The third kappa shape index (κ3) is 2.65. The monoisotopic (exact) mass is 207 g/mol. The molecule has 1 saturated heterocycles. The molecular weight excluding hydrogens is 190 g/mol. The summed E-state index contributed by atoms with van der Waals surface area (Å²) in [7, 11) is -1.35. The van der Waals surface area contributed by atoms with Crippen molar-refractivity contribution in [1.29, 1.82) is 0 Å². The molecule has 4 nitrogen and oxygen atoms in total. The topological polar surface area (TPSA) is 46.6 Å². The summed E-state index contributed by atoms with van der Waals surface area (Å²) in [6.45, 7) is 4.40. The van der Waals surface area contributed by atoms with Gasteiger partial charge in [-0.25, -0.2) is 8.42 Å². The average molecular weight is 207 g/mol. The molecule has 78 valence electrons. The minimum Gasteiger partial charge on any atom is -0.377 e. The Morgan fingerprint density at radius 2 is 2.15 bits per heavy atom. The molecule has 0 spiro atoms. The normalized spacial score (nSPS) is 28.5. The Kier molecular flexibility index (Phi) is 3.32. The van der Waals surface area contributed by atoms with Crippen LogP contribution in [0.5, 0.6) is 0 Å². The number of rotatable bonds is 3. The van der Waals surface area contributed by atoms with Crippen molar-refractivity contribution in [2.45, 2.75) is 32.4 Å². The predicted octanol–water partition coefficient (Wildman–Crippen LogP) is 0.445. The Morgan fingerprint density at radius 1 is 1.54 bits per heavy atom. The fourth-order valence-electron chi connectivity index (χ4n) is 1.33. The molecule has 0 aromatic rings. The highest BCUT2D eigenvalue weighted by molar-refractivity contribution is 7.89. The molecule has 0 aliphatic carbocycles. The van der Waals surface area contributed by atoms with Crippen molar-refractivity contribution in [3.8, 4) is 0 Å². The van der Waals surface area contributed by atoms with E-state index in [2.05, 4.69) is 0 Å². The van der Waals surface area contributed by atoms with E-state index in [0.717, 1.165) is 0 Å². The fraction of sp³-hybridized carbons (Fsp3) is 1.00. The van der Waals surface area contributed by atoms with Crippen LogP contribution in [-0.4, -0.2) is 44.3 Å². The third-order valence-corrected chi connectivity index (χ3v) is 4.21. The molecule has 0 bridgehead atoms. The van der Waals surface area contributed by atoms with E-state index in [1.165, 1.54) is 4.31 Å². The molecule has 1 unspecified atom stereocenters. The Labute approximate surface area is 79.9 Å². The molecule has 1 aliphatic rings. The van der Waals surface area contributed by atoms with Gasteiger partial charge < -0.3 is 4.74 Å². The lowest BCUT2D eigenvalue weighted by atomic mass is 10.2. The van der Waals surface area contributed by atoms with E-state index in [1.807, 2.05) is 13.8 Å². The molecule has 13 heavy (non-hydrogen) atoms. The van der Waals surface area contributed by atoms with E-state index in [-0.39, 0.29) is 17.9 Å². The first-order chi connectivity index (χ1) is 5.93. The lowest BCUT2D eigenvalue weighted by molar-refractivity contribution is 0.0514. The molecule has 0 aromatic carbocycles. The highest BCUT2D eigenvalue weighted by Gasteiger charge is 2.34. The van der Waals surface area contributed by atoms with Crippen molar-refractivity contribution in [3.63, 3.8) is 0 Å². The zero-order valence-corrected chi connectivity index (χ0v) is 9.17. The summed E-state index contributed by atoms with van der Waals surface area (Å²) in [5.74, 6) is 0.260. The van der Waals surface area contributed by atoms with Crippen molar-refractivity contribution in [2.24, 2.45) is 0 Å². The van der Waals surface area contributed by atoms with E-state index >= 15 is 0 Å². The molecule has 1 aliphatic heterocycles. The largest absolute Gasteiger partial charge is 0.377 e. The van der Waals surface area contributed by atoms with Crippen LogP contribution in [0, 0.1) is 0 Å². The number of likely N-dealkylation sites (N-methyl/N-ethyl adjacent to an activating group) is 1. The maximum absolute atomic E-state index is 11.3. The summed E-state index contributed by atoms with van der Waals surface area (Å²) in [5.41, 5.74) is 0. The smallest absolute Gasteiger partial charge is 0.214 e. The molecular formula is C8H17NO3S. The van der Waals surface area contributed by atoms with Gasteiger partial charge in [-0.3, -0.25) is 0 Å². The minimum atomic E-state index is -2.97. The lowest BCUT2D eigenvalue weighted by Gasteiger charge is -2.19. The zero-order valence-electron chi connectivity index (χ0n) is 8.36. The van der Waals surface area contributed by atoms with Gasteiger partial charge >= 0.3 is 0 Å². The van der Waals surface area contributed by atoms with Crippen molar-refractivity contribution < 1.29 is 13.2 Å². The molecule has 0 aromatic heterocycles. The average Bonchev–Trinajstić information content (AvgIpc) is 2.25. The van der Waals surface area contributed by atoms with Gasteiger partial charge in [0.1, 0.15) is 0 Å². The molecule has 1 fully saturated rings. The first-order valence-electron chi connectivity index (χ1n) is 4.51. The van der Waals surface area contributed by atoms with E-state index in [0.29, 0.717) is 13.0 Å². The van der Waals surface area contributed by atoms with Crippen LogP contribution < -0.4 is 0 Å². The maximum Gasteiger partial charge on any atom is 0.214 e. The summed E-state index contributed by atoms with van der Waals surface area (Å²) < 4.78 is 29.4. The molecule has 0 radical (unpaired) electrons. The van der Waals surface area contributed by atoms with E-state index < -0.39 is 10.0 Å². The summed E-state index contributed by atoms with van der Waals surface area (Å²) in [4.78, 5) is 0. The number of hydrogen-bond donors (Lipinski definition) is 0. The highest BCUT2D eigenvalue weighted by atomic mass is 32.2. The van der Waals surface area contributed by atoms with Gasteiger partial charge in [-0.15, -0.1) is 0 Å². The van der Waals surface area contributed by atoms with Crippen molar-refractivity contribution in [1.82, 2.24) is 4.31 Å². The van der Waals surface area contributed by atoms with E-state index in [1.54, 1.807) is 7.05 Å². The molecule has 5 heteroatoms. The lowest BCUT2D eigenvalue weighted by Crippen LogP contribution is -2.33. The second-order valence-corrected chi connectivity index (χ2v) is 5.80. The van der Waals surface area contributed by atoms with E-state index in [9.17, 15) is 8.42 Å². The Hall–Kier alpha value is -0.130. The van der Waals surface area contributed by atoms with E-state index in [4.69, 9.17) is 4.74 Å². The van der Waals surface area contributed by atoms with Crippen LogP contribution >= 0.6 is 0 Å². The molecule has 0 saturated carbocycles. The summed E-state index contributed by atoms with van der Waals surface area (Å²) in [6, 6.07) is 0.0346. The summed E-state index contributed by atoms with van der Waals surface area (Å²) >= 11 is 0. The second kappa shape index (κ2) is 3.94. The quantitative estimate of drug-likeness (QED) is 0.675. The highest BCUT2D eigenvalue weighted by Crippen LogP contribution is 2.19. The van der Waals surface area contributed by atoms with Crippen LogP contribution in [-0.2, 0) is 14.8 Å². The first-order valence-corrected chi connectivity index (χ1v) is 6.11. The van der Waals surface area contributed by atoms with Crippen LogP contribution in [0.2, 0.25) is 0 Å². The number of sulfonamides is 1. The van der Waals surface area contributed by atoms with Gasteiger partial charge in [-0.05, 0) is 20.3 Å². The maximum atomic E-state index is 11.3. The fourth-order valence-corrected chi connectivity index (χ4v) is 2.81. The van der Waals surface area contributed by atoms with Gasteiger partial charge in [-0.1, -0.05) is 0 Å². The Balaban J connectivity index is 2.47. The predicted molar refractivity (Wildman–Crippen MR) is 51.0 cm³/mol. The summed E-state index contributed by atoms with van der Waals surface area (Å²) in [6.07, 6.45) is 0.850. The number of nitrogens with zero attached hydrogens (tertiary/aromatic N) is 1. The molecule has 1 heterocycles. The first kappa shape index (κ1) is 10.9. The second-order valence-electron chi connectivity index (χ2n) is 3.66. The standard InChI is InChI=1S/C8H17NO3S/c1-7(2)12-6-8-4-5-13(10,11)9(8)3/h7-8H,4-6H2,1-3H3. The van der Waals surface area contributed by atoms with Gasteiger partial charge in [0.25, 0.3) is 0 Å². The van der Waals surface area contributed by atoms with Crippen LogP contribution in [0.4, 0.5) is 0 Å². The third-order valence-electron chi connectivity index (χ3n) is 2.28. The van der Waals surface area contributed by atoms with Crippen LogP contribution in [0.15, 0.2) is 0 Å². The zero-order chi connectivity index (χ0) is 10.1. The van der Waals surface area contributed by atoms with Crippen molar-refractivity contribution in [2.75, 3.05) is 19.4 Å².